The molecule has 0 saturated carbocycles. The predicted molar refractivity (Wildman–Crippen MR) is 110 cm³/mol. The lowest BCUT2D eigenvalue weighted by Gasteiger charge is -2.49. The molecule has 3 nitrogen and oxygen atoms in total. The summed E-state index contributed by atoms with van der Waals surface area (Å²) in [5.41, 5.74) is 3.61. The van der Waals surface area contributed by atoms with Gasteiger partial charge >= 0.3 is 0 Å². The predicted octanol–water partition coefficient (Wildman–Crippen LogP) is 5.93. The first-order valence-corrected chi connectivity index (χ1v) is 10.2. The fourth-order valence-corrected chi connectivity index (χ4v) is 4.18. The van der Waals surface area contributed by atoms with E-state index in [1.807, 2.05) is 6.07 Å². The van der Waals surface area contributed by atoms with Gasteiger partial charge in [-0.25, -0.2) is 0 Å². The molecule has 0 radical (unpaired) electrons. The third-order valence-electron chi connectivity index (χ3n) is 5.74. The summed E-state index contributed by atoms with van der Waals surface area (Å²) in [4.78, 5) is 13.5. The topological polar surface area (TPSA) is 18.5 Å². The van der Waals surface area contributed by atoms with E-state index >= 15 is 0 Å². The summed E-state index contributed by atoms with van der Waals surface area (Å²) in [5, 5.41) is 0. The zero-order chi connectivity index (χ0) is 19.3. The Morgan fingerprint density at radius 2 is 1.67 bits per heavy atom. The molecule has 2 aromatic rings. The van der Waals surface area contributed by atoms with E-state index in [0.717, 1.165) is 19.4 Å². The number of quaternary nitrogens is 1. The second kappa shape index (κ2) is 8.55. The molecular formula is C24H34NO2+. The summed E-state index contributed by atoms with van der Waals surface area (Å²) >= 11 is 0. The number of nitrogens with zero attached hydrogens (tertiary/aromatic N) is 1. The summed E-state index contributed by atoms with van der Waals surface area (Å²) in [7, 11) is 0. The van der Waals surface area contributed by atoms with Gasteiger partial charge in [0.25, 0.3) is 0 Å². The lowest BCUT2D eigenvalue weighted by Crippen LogP contribution is -2.63. The average Bonchev–Trinajstić information content (AvgIpc) is 2.67. The Morgan fingerprint density at radius 1 is 0.963 bits per heavy atom. The Hall–Kier alpha value is -1.68. The van der Waals surface area contributed by atoms with E-state index in [0.29, 0.717) is 19.1 Å². The number of aryl methyl sites for hydroxylation is 1. The Kier molecular flexibility index (Phi) is 6.36. The van der Waals surface area contributed by atoms with Gasteiger partial charge in [-0.05, 0) is 35.2 Å². The molecule has 2 aromatic carbocycles. The van der Waals surface area contributed by atoms with Crippen LogP contribution < -0.4 is 0 Å². The van der Waals surface area contributed by atoms with Crippen LogP contribution in [0, 0.1) is 12.8 Å². The molecule has 0 aromatic heterocycles. The summed E-state index contributed by atoms with van der Waals surface area (Å²) < 4.78 is 0. The van der Waals surface area contributed by atoms with Crippen molar-refractivity contribution in [2.75, 3.05) is 13.2 Å². The first-order chi connectivity index (χ1) is 13.0. The van der Waals surface area contributed by atoms with Crippen LogP contribution in [0.2, 0.25) is 0 Å². The molecule has 146 valence electrons. The van der Waals surface area contributed by atoms with Gasteiger partial charge in [-0.2, -0.15) is 9.68 Å². The van der Waals surface area contributed by atoms with Crippen LogP contribution >= 0.6 is 0 Å². The average molecular weight is 369 g/mol. The third kappa shape index (κ3) is 4.26. The standard InChI is InChI=1S/C24H34NO2/c1-20(2)18-26-25(27-19-22-13-6-5-7-14-22)17-11-10-16-24(25,4)23-15-9-8-12-21(23)3/h5-9,12-15,20H,10-11,16-19H2,1-4H3/q+1. The SMILES string of the molecule is Cc1ccccc1C1(C)CCCC[N+]1(OCc1ccccc1)OCC(C)C. The van der Waals surface area contributed by atoms with E-state index in [4.69, 9.17) is 9.68 Å². The molecule has 0 amide bonds. The van der Waals surface area contributed by atoms with Crippen molar-refractivity contribution in [1.29, 1.82) is 0 Å². The third-order valence-corrected chi connectivity index (χ3v) is 5.74. The van der Waals surface area contributed by atoms with Crippen LogP contribution in [0.5, 0.6) is 0 Å². The van der Waals surface area contributed by atoms with Gasteiger partial charge in [0.2, 0.25) is 0 Å². The van der Waals surface area contributed by atoms with Crippen molar-refractivity contribution in [2.24, 2.45) is 5.92 Å². The minimum absolute atomic E-state index is 0.215. The second-order valence-corrected chi connectivity index (χ2v) is 8.39. The molecule has 3 rings (SSSR count). The minimum Gasteiger partial charge on any atom is -0.167 e. The van der Waals surface area contributed by atoms with Crippen molar-refractivity contribution in [3.63, 3.8) is 0 Å². The molecule has 1 fully saturated rings. The fourth-order valence-electron chi connectivity index (χ4n) is 4.18. The maximum atomic E-state index is 6.65. The zero-order valence-electron chi connectivity index (χ0n) is 17.3. The minimum atomic E-state index is -0.215. The Labute approximate surface area is 164 Å². The molecule has 2 unspecified atom stereocenters. The molecule has 2 atom stereocenters. The molecule has 1 aliphatic heterocycles. The lowest BCUT2D eigenvalue weighted by molar-refractivity contribution is -1.29. The largest absolute Gasteiger partial charge is 0.185 e. The van der Waals surface area contributed by atoms with E-state index in [1.54, 1.807) is 0 Å². The van der Waals surface area contributed by atoms with Crippen molar-refractivity contribution in [3.05, 3.63) is 71.3 Å². The highest BCUT2D eigenvalue weighted by atomic mass is 17.0. The number of rotatable bonds is 7. The molecule has 0 N–H and O–H groups in total. The van der Waals surface area contributed by atoms with Crippen LogP contribution in [-0.2, 0) is 21.8 Å². The Balaban J connectivity index is 1.97. The maximum Gasteiger partial charge on any atom is 0.185 e. The molecule has 1 aliphatic rings. The maximum absolute atomic E-state index is 6.65. The van der Waals surface area contributed by atoms with E-state index < -0.39 is 0 Å². The van der Waals surface area contributed by atoms with Crippen molar-refractivity contribution in [2.45, 2.75) is 59.1 Å². The highest BCUT2D eigenvalue weighted by Gasteiger charge is 2.56. The van der Waals surface area contributed by atoms with Crippen molar-refractivity contribution >= 4 is 0 Å². The monoisotopic (exact) mass is 368 g/mol. The molecule has 1 saturated heterocycles. The highest BCUT2D eigenvalue weighted by Crippen LogP contribution is 2.46. The van der Waals surface area contributed by atoms with Crippen LogP contribution in [0.4, 0.5) is 0 Å². The fraction of sp³-hybridized carbons (Fsp3) is 0.500. The van der Waals surface area contributed by atoms with Gasteiger partial charge in [0, 0.05) is 25.3 Å². The van der Waals surface area contributed by atoms with Crippen LogP contribution in [-0.4, -0.2) is 18.0 Å². The quantitative estimate of drug-likeness (QED) is 0.564. The summed E-state index contributed by atoms with van der Waals surface area (Å²) in [6, 6.07) is 19.1. The number of piperidine rings is 1. The molecular weight excluding hydrogens is 334 g/mol. The van der Waals surface area contributed by atoms with E-state index in [9.17, 15) is 0 Å². The smallest absolute Gasteiger partial charge is 0.167 e. The first-order valence-electron chi connectivity index (χ1n) is 10.2. The lowest BCUT2D eigenvalue weighted by atomic mass is 9.81. The molecule has 0 bridgehead atoms. The van der Waals surface area contributed by atoms with Gasteiger partial charge in [-0.3, -0.25) is 0 Å². The van der Waals surface area contributed by atoms with Gasteiger partial charge < -0.3 is 0 Å². The van der Waals surface area contributed by atoms with Crippen molar-refractivity contribution in [1.82, 2.24) is 0 Å². The van der Waals surface area contributed by atoms with Crippen LogP contribution in [0.25, 0.3) is 0 Å². The molecule has 0 spiro atoms. The van der Waals surface area contributed by atoms with E-state index in [1.165, 1.54) is 23.1 Å². The van der Waals surface area contributed by atoms with E-state index in [-0.39, 0.29) is 10.3 Å². The normalized spacial score (nSPS) is 25.7. The number of hydrogen-bond donors (Lipinski definition) is 0. The first kappa shape index (κ1) is 20.1. The number of benzene rings is 2. The Morgan fingerprint density at radius 3 is 2.37 bits per heavy atom. The van der Waals surface area contributed by atoms with Crippen LogP contribution in [0.1, 0.15) is 56.7 Å². The second-order valence-electron chi connectivity index (χ2n) is 8.39. The highest BCUT2D eigenvalue weighted by molar-refractivity contribution is 5.31. The van der Waals surface area contributed by atoms with Crippen molar-refractivity contribution in [3.8, 4) is 0 Å². The number of hydrogen-bond acceptors (Lipinski definition) is 2. The summed E-state index contributed by atoms with van der Waals surface area (Å²) in [6.07, 6.45) is 3.38. The Bertz CT molecular complexity index is 730. The molecule has 0 aliphatic carbocycles. The number of hydroxylamine groups is 4. The van der Waals surface area contributed by atoms with Crippen LogP contribution in [0.3, 0.4) is 0 Å². The van der Waals surface area contributed by atoms with E-state index in [2.05, 4.69) is 76.2 Å². The summed E-state index contributed by atoms with van der Waals surface area (Å²) in [5.74, 6) is 0.461. The van der Waals surface area contributed by atoms with Crippen LogP contribution in [0.15, 0.2) is 54.6 Å². The molecule has 3 heteroatoms. The van der Waals surface area contributed by atoms with Gasteiger partial charge in [0.15, 0.2) is 5.54 Å². The molecule has 1 heterocycles. The molecule has 27 heavy (non-hydrogen) atoms. The van der Waals surface area contributed by atoms with Crippen molar-refractivity contribution < 1.29 is 14.5 Å². The summed E-state index contributed by atoms with van der Waals surface area (Å²) in [6.45, 7) is 11.0. The van der Waals surface area contributed by atoms with Gasteiger partial charge in [-0.15, -0.1) is 0 Å². The van der Waals surface area contributed by atoms with Gasteiger partial charge in [0.1, 0.15) is 19.8 Å². The van der Waals surface area contributed by atoms with Gasteiger partial charge in [-0.1, -0.05) is 68.4 Å². The zero-order valence-corrected chi connectivity index (χ0v) is 17.3. The van der Waals surface area contributed by atoms with Gasteiger partial charge in [0.05, 0.1) is 0 Å².